The molecule has 1 fully saturated rings. The molecular formula is C30H29ClF2N4O6. The van der Waals surface area contributed by atoms with Crippen LogP contribution in [0.4, 0.5) is 13.6 Å². The lowest BCUT2D eigenvalue weighted by Gasteiger charge is -2.26. The average Bonchev–Trinajstić information content (AvgIpc) is 3.13. The number of aromatic carboxylic acids is 1. The molecule has 1 heterocycles. The zero-order valence-corrected chi connectivity index (χ0v) is 24.0. The highest BCUT2D eigenvalue weighted by molar-refractivity contribution is 6.30. The first-order valence-corrected chi connectivity index (χ1v) is 13.7. The molecule has 1 unspecified atom stereocenters. The number of hydrogen-bond acceptors (Lipinski definition) is 6. The second kappa shape index (κ2) is 14.0. The largest absolute Gasteiger partial charge is 0.496 e. The fourth-order valence-corrected chi connectivity index (χ4v) is 4.79. The number of carboxylic acid groups (broad SMARTS) is 1. The molecule has 0 bridgehead atoms. The second-order valence-electron chi connectivity index (χ2n) is 9.73. The lowest BCUT2D eigenvalue weighted by Crippen LogP contribution is -2.48. The van der Waals surface area contributed by atoms with E-state index < -0.39 is 41.5 Å². The van der Waals surface area contributed by atoms with Gasteiger partial charge in [-0.15, -0.1) is 0 Å². The molecule has 13 heteroatoms. The number of ether oxygens (including phenoxy) is 1. The number of hydrogen-bond donors (Lipinski definition) is 3. The first kappa shape index (κ1) is 31.2. The summed E-state index contributed by atoms with van der Waals surface area (Å²) >= 11 is 6.19. The van der Waals surface area contributed by atoms with Gasteiger partial charge < -0.3 is 25.3 Å². The summed E-state index contributed by atoms with van der Waals surface area (Å²) in [7, 11) is 1.49. The number of amidine groups is 1. The number of carbonyl (C=O) groups is 3. The molecule has 1 saturated heterocycles. The molecule has 3 aromatic carbocycles. The molecule has 0 aliphatic carbocycles. The maximum atomic E-state index is 13.8. The quantitative estimate of drug-likeness (QED) is 0.284. The topological polar surface area (TPSA) is 130 Å². The third kappa shape index (κ3) is 7.98. The van der Waals surface area contributed by atoms with Gasteiger partial charge in [0.05, 0.1) is 31.2 Å². The fraction of sp³-hybridized carbons (Fsp3) is 0.267. The van der Waals surface area contributed by atoms with Crippen LogP contribution in [0.2, 0.25) is 5.02 Å². The van der Waals surface area contributed by atoms with Gasteiger partial charge >= 0.3 is 12.0 Å². The van der Waals surface area contributed by atoms with Crippen LogP contribution in [0.5, 0.6) is 11.5 Å². The molecule has 1 aliphatic heterocycles. The van der Waals surface area contributed by atoms with E-state index in [0.717, 1.165) is 17.0 Å². The van der Waals surface area contributed by atoms with Gasteiger partial charge in [0.15, 0.2) is 11.6 Å². The number of methoxy groups -OCH3 is 1. The van der Waals surface area contributed by atoms with E-state index in [4.69, 9.17) is 21.2 Å². The van der Waals surface area contributed by atoms with E-state index in [1.807, 2.05) is 6.92 Å². The SMILES string of the molecule is CCC(NC(=O)N1C/C(=N/Oc2cc(F)cc(F)c2)NC[C@@H](Cc2cc(Cl)ccc2OC)C1=O)c1ccc(C(=O)O)cc1. The van der Waals surface area contributed by atoms with Crippen LogP contribution in [0, 0.1) is 17.6 Å². The number of amides is 3. The minimum atomic E-state index is -1.08. The Labute approximate surface area is 251 Å². The van der Waals surface area contributed by atoms with Crippen LogP contribution in [0.15, 0.2) is 65.8 Å². The molecule has 2 atom stereocenters. The molecule has 3 aromatic rings. The second-order valence-corrected chi connectivity index (χ2v) is 10.2. The lowest BCUT2D eigenvalue weighted by molar-refractivity contribution is -0.131. The van der Waals surface area contributed by atoms with E-state index >= 15 is 0 Å². The van der Waals surface area contributed by atoms with Crippen molar-refractivity contribution < 1.29 is 37.8 Å². The third-order valence-corrected chi connectivity index (χ3v) is 7.03. The van der Waals surface area contributed by atoms with E-state index in [9.17, 15) is 28.3 Å². The zero-order valence-electron chi connectivity index (χ0n) is 23.3. The monoisotopic (exact) mass is 614 g/mol. The Kier molecular flexibility index (Phi) is 10.1. The van der Waals surface area contributed by atoms with E-state index in [0.29, 0.717) is 34.4 Å². The first-order valence-electron chi connectivity index (χ1n) is 13.3. The number of carboxylic acids is 1. The molecular weight excluding hydrogens is 586 g/mol. The fourth-order valence-electron chi connectivity index (χ4n) is 4.59. The van der Waals surface area contributed by atoms with Crippen molar-refractivity contribution in [3.05, 3.63) is 94.0 Å². The van der Waals surface area contributed by atoms with Crippen LogP contribution in [0.25, 0.3) is 0 Å². The normalized spacial score (nSPS) is 16.7. The number of oxime groups is 1. The van der Waals surface area contributed by atoms with Gasteiger partial charge in [-0.25, -0.2) is 18.4 Å². The lowest BCUT2D eigenvalue weighted by atomic mass is 9.97. The van der Waals surface area contributed by atoms with Gasteiger partial charge in [-0.2, -0.15) is 0 Å². The Balaban J connectivity index is 1.61. The van der Waals surface area contributed by atoms with Crippen molar-refractivity contribution >= 4 is 35.3 Å². The van der Waals surface area contributed by atoms with Crippen LogP contribution < -0.4 is 20.2 Å². The zero-order chi connectivity index (χ0) is 31.1. The molecule has 0 spiro atoms. The van der Waals surface area contributed by atoms with Gasteiger partial charge in [-0.3, -0.25) is 9.69 Å². The van der Waals surface area contributed by atoms with Crippen molar-refractivity contribution in [2.75, 3.05) is 20.2 Å². The van der Waals surface area contributed by atoms with Gasteiger partial charge in [0, 0.05) is 29.8 Å². The van der Waals surface area contributed by atoms with Crippen molar-refractivity contribution in [2.24, 2.45) is 11.1 Å². The molecule has 10 nitrogen and oxygen atoms in total. The number of nitrogens with one attached hydrogen (secondary N) is 2. The summed E-state index contributed by atoms with van der Waals surface area (Å²) in [6, 6.07) is 12.3. The number of carbonyl (C=O) groups excluding carboxylic acids is 2. The van der Waals surface area contributed by atoms with Crippen LogP contribution in [0.1, 0.15) is 40.9 Å². The smallest absolute Gasteiger partial charge is 0.335 e. The summed E-state index contributed by atoms with van der Waals surface area (Å²) in [6.07, 6.45) is 0.604. The van der Waals surface area contributed by atoms with Gasteiger partial charge in [-0.05, 0) is 54.3 Å². The Hall–Kier alpha value is -4.71. The molecule has 43 heavy (non-hydrogen) atoms. The third-order valence-electron chi connectivity index (χ3n) is 6.79. The molecule has 0 radical (unpaired) electrons. The molecule has 0 aromatic heterocycles. The van der Waals surface area contributed by atoms with Crippen molar-refractivity contribution in [1.29, 1.82) is 0 Å². The van der Waals surface area contributed by atoms with Crippen molar-refractivity contribution in [3.8, 4) is 11.5 Å². The first-order chi connectivity index (χ1) is 20.6. The van der Waals surface area contributed by atoms with Crippen molar-refractivity contribution in [2.45, 2.75) is 25.8 Å². The summed E-state index contributed by atoms with van der Waals surface area (Å²) in [5, 5.41) is 19.4. The molecule has 226 valence electrons. The molecule has 4 rings (SSSR count). The highest BCUT2D eigenvalue weighted by atomic mass is 35.5. The van der Waals surface area contributed by atoms with Crippen LogP contribution in [-0.2, 0) is 11.2 Å². The summed E-state index contributed by atoms with van der Waals surface area (Å²) < 4.78 is 32.7. The number of benzene rings is 3. The van der Waals surface area contributed by atoms with Crippen LogP contribution in [-0.4, -0.2) is 53.9 Å². The predicted molar refractivity (Wildman–Crippen MR) is 154 cm³/mol. The number of halogens is 3. The van der Waals surface area contributed by atoms with Gasteiger partial charge in [0.1, 0.15) is 17.4 Å². The Morgan fingerprint density at radius 1 is 1.14 bits per heavy atom. The summed E-state index contributed by atoms with van der Waals surface area (Å²) in [4.78, 5) is 44.8. The van der Waals surface area contributed by atoms with Gasteiger partial charge in [0.2, 0.25) is 5.91 Å². The standard InChI is InChI=1S/C30H29ClF2N4O6/c1-3-25(17-4-6-18(7-5-17)29(39)40)35-30(41)37-16-27(36-43-24-13-22(32)12-23(33)14-24)34-15-20(28(37)38)10-19-11-21(31)8-9-26(19)42-2/h4-9,11-14,20,25H,3,10,15-16H2,1-2H3,(H,34,36)(H,35,41)(H,39,40)/t20-,25?/m1/s1. The molecule has 3 N–H and O–H groups in total. The van der Waals surface area contributed by atoms with Gasteiger partial charge in [-0.1, -0.05) is 35.8 Å². The van der Waals surface area contributed by atoms with E-state index in [1.54, 1.807) is 30.3 Å². The highest BCUT2D eigenvalue weighted by Crippen LogP contribution is 2.27. The van der Waals surface area contributed by atoms with E-state index in [1.165, 1.54) is 19.2 Å². The van der Waals surface area contributed by atoms with Crippen LogP contribution in [0.3, 0.4) is 0 Å². The summed E-state index contributed by atoms with van der Waals surface area (Å²) in [5.41, 5.74) is 1.39. The molecule has 0 saturated carbocycles. The maximum absolute atomic E-state index is 13.8. The number of nitrogens with zero attached hydrogens (tertiary/aromatic N) is 2. The highest BCUT2D eigenvalue weighted by Gasteiger charge is 2.35. The average molecular weight is 615 g/mol. The van der Waals surface area contributed by atoms with Crippen molar-refractivity contribution in [1.82, 2.24) is 15.5 Å². The van der Waals surface area contributed by atoms with Gasteiger partial charge in [0.25, 0.3) is 0 Å². The Morgan fingerprint density at radius 3 is 2.47 bits per heavy atom. The summed E-state index contributed by atoms with van der Waals surface area (Å²) in [5.74, 6) is -3.74. The molecule has 1 aliphatic rings. The number of imide groups is 1. The van der Waals surface area contributed by atoms with E-state index in [2.05, 4.69) is 15.8 Å². The van der Waals surface area contributed by atoms with Crippen LogP contribution >= 0.6 is 11.6 Å². The van der Waals surface area contributed by atoms with E-state index in [-0.39, 0.29) is 36.7 Å². The number of rotatable bonds is 9. The summed E-state index contributed by atoms with van der Waals surface area (Å²) in [6.45, 7) is 1.54. The minimum absolute atomic E-state index is 0.0475. The Morgan fingerprint density at radius 2 is 1.84 bits per heavy atom. The maximum Gasteiger partial charge on any atom is 0.335 e. The molecule has 3 amide bonds. The number of urea groups is 1. The Bertz CT molecular complexity index is 1520. The predicted octanol–water partition coefficient (Wildman–Crippen LogP) is 5.17. The minimum Gasteiger partial charge on any atom is -0.496 e. The van der Waals surface area contributed by atoms with Crippen molar-refractivity contribution in [3.63, 3.8) is 0 Å².